The molecule has 2 aromatic rings. The first-order valence-electron chi connectivity index (χ1n) is 3.48. The highest BCUT2D eigenvalue weighted by molar-refractivity contribution is 6.17. The van der Waals surface area contributed by atoms with Crippen molar-refractivity contribution >= 4 is 22.7 Å². The van der Waals surface area contributed by atoms with Crippen LogP contribution >= 0.6 is 11.6 Å². The van der Waals surface area contributed by atoms with Crippen LogP contribution in [0.1, 0.15) is 5.56 Å². The number of nitrogens with one attached hydrogen (secondary N) is 1. The third-order valence-electron chi connectivity index (χ3n) is 1.67. The van der Waals surface area contributed by atoms with Gasteiger partial charge in [-0.15, -0.1) is 11.6 Å². The molecule has 12 heavy (non-hydrogen) atoms. The third kappa shape index (κ3) is 1.02. The summed E-state index contributed by atoms with van der Waals surface area (Å²) in [5.74, 6) is -0.0967. The number of rotatable bonds is 1. The fraction of sp³-hybridized carbons (Fsp3) is 0.125. The van der Waals surface area contributed by atoms with E-state index < -0.39 is 5.76 Å². The molecule has 0 fully saturated rings. The van der Waals surface area contributed by atoms with E-state index in [2.05, 4.69) is 4.98 Å². The maximum atomic E-state index is 10.8. The lowest BCUT2D eigenvalue weighted by Crippen LogP contribution is -1.92. The summed E-state index contributed by atoms with van der Waals surface area (Å²) in [5, 5.41) is 0. The molecular formula is C8H6ClNO2. The topological polar surface area (TPSA) is 46.0 Å². The van der Waals surface area contributed by atoms with Crippen molar-refractivity contribution in [2.24, 2.45) is 0 Å². The molecule has 0 spiro atoms. The molecule has 0 aliphatic carbocycles. The van der Waals surface area contributed by atoms with Crippen molar-refractivity contribution in [3.05, 3.63) is 34.3 Å². The van der Waals surface area contributed by atoms with Gasteiger partial charge in [-0.3, -0.25) is 4.98 Å². The predicted molar refractivity (Wildman–Crippen MR) is 46.4 cm³/mol. The number of benzene rings is 1. The number of fused-ring (bicyclic) bond motifs is 1. The highest BCUT2D eigenvalue weighted by Gasteiger charge is 2.04. The largest absolute Gasteiger partial charge is 0.417 e. The number of oxazole rings is 1. The minimum Gasteiger partial charge on any atom is -0.408 e. The first kappa shape index (κ1) is 7.43. The van der Waals surface area contributed by atoms with E-state index in [1.807, 2.05) is 12.1 Å². The Balaban J connectivity index is 2.87. The van der Waals surface area contributed by atoms with Gasteiger partial charge < -0.3 is 4.42 Å². The van der Waals surface area contributed by atoms with Gasteiger partial charge in [0.2, 0.25) is 0 Å². The SMILES string of the molecule is O=c1[nH]c2cccc(CCl)c2o1. The van der Waals surface area contributed by atoms with Gasteiger partial charge in [-0.2, -0.15) is 0 Å². The lowest BCUT2D eigenvalue weighted by Gasteiger charge is -1.92. The van der Waals surface area contributed by atoms with Gasteiger partial charge in [-0.1, -0.05) is 12.1 Å². The summed E-state index contributed by atoms with van der Waals surface area (Å²) < 4.78 is 4.89. The highest BCUT2D eigenvalue weighted by atomic mass is 35.5. The van der Waals surface area contributed by atoms with Crippen LogP contribution < -0.4 is 5.76 Å². The number of para-hydroxylation sites is 1. The minimum atomic E-state index is -0.442. The molecule has 3 nitrogen and oxygen atoms in total. The van der Waals surface area contributed by atoms with E-state index in [-0.39, 0.29) is 0 Å². The number of hydrogen-bond acceptors (Lipinski definition) is 2. The van der Waals surface area contributed by atoms with E-state index in [0.717, 1.165) is 5.56 Å². The summed E-state index contributed by atoms with van der Waals surface area (Å²) in [6.07, 6.45) is 0. The molecule has 4 heteroatoms. The Kier molecular flexibility index (Phi) is 1.66. The van der Waals surface area contributed by atoms with Gasteiger partial charge in [0.15, 0.2) is 5.58 Å². The van der Waals surface area contributed by atoms with Gasteiger partial charge >= 0.3 is 5.76 Å². The zero-order chi connectivity index (χ0) is 8.55. The van der Waals surface area contributed by atoms with Crippen molar-refractivity contribution in [1.29, 1.82) is 0 Å². The van der Waals surface area contributed by atoms with Crippen LogP contribution in [-0.2, 0) is 5.88 Å². The second kappa shape index (κ2) is 2.68. The smallest absolute Gasteiger partial charge is 0.408 e. The number of aromatic nitrogens is 1. The number of aromatic amines is 1. The van der Waals surface area contributed by atoms with Gasteiger partial charge in [0.05, 0.1) is 11.4 Å². The Labute approximate surface area is 73.0 Å². The van der Waals surface area contributed by atoms with Crippen LogP contribution in [-0.4, -0.2) is 4.98 Å². The maximum absolute atomic E-state index is 10.8. The van der Waals surface area contributed by atoms with Crippen LogP contribution in [0.15, 0.2) is 27.4 Å². The first-order chi connectivity index (χ1) is 5.81. The summed E-state index contributed by atoms with van der Waals surface area (Å²) in [6, 6.07) is 5.42. The van der Waals surface area contributed by atoms with E-state index in [1.165, 1.54) is 0 Å². The summed E-state index contributed by atoms with van der Waals surface area (Å²) in [7, 11) is 0. The van der Waals surface area contributed by atoms with Crippen LogP contribution in [0.2, 0.25) is 0 Å². The Morgan fingerprint density at radius 1 is 1.50 bits per heavy atom. The second-order valence-corrected chi connectivity index (χ2v) is 2.71. The fourth-order valence-corrected chi connectivity index (χ4v) is 1.35. The number of halogens is 1. The summed E-state index contributed by atoms with van der Waals surface area (Å²) in [4.78, 5) is 13.3. The molecule has 2 rings (SSSR count). The van der Waals surface area contributed by atoms with Gasteiger partial charge in [0.1, 0.15) is 0 Å². The van der Waals surface area contributed by atoms with Gasteiger partial charge in [0, 0.05) is 5.56 Å². The van der Waals surface area contributed by atoms with E-state index in [1.54, 1.807) is 6.07 Å². The molecule has 0 bridgehead atoms. The molecule has 0 radical (unpaired) electrons. The number of H-pyrrole nitrogens is 1. The zero-order valence-corrected chi connectivity index (χ0v) is 6.89. The molecule has 0 saturated carbocycles. The average molecular weight is 184 g/mol. The molecule has 0 aliphatic heterocycles. The first-order valence-corrected chi connectivity index (χ1v) is 4.01. The van der Waals surface area contributed by atoms with Crippen LogP contribution in [0.5, 0.6) is 0 Å². The van der Waals surface area contributed by atoms with Crippen molar-refractivity contribution < 1.29 is 4.42 Å². The molecule has 1 aromatic heterocycles. The quantitative estimate of drug-likeness (QED) is 0.686. The third-order valence-corrected chi connectivity index (χ3v) is 1.96. The molecule has 1 aromatic carbocycles. The fourth-order valence-electron chi connectivity index (χ4n) is 1.14. The van der Waals surface area contributed by atoms with Crippen molar-refractivity contribution in [1.82, 2.24) is 4.98 Å². The summed E-state index contributed by atoms with van der Waals surface area (Å²) in [6.45, 7) is 0. The predicted octanol–water partition coefficient (Wildman–Crippen LogP) is 1.86. The van der Waals surface area contributed by atoms with Crippen LogP contribution in [0.25, 0.3) is 11.1 Å². The molecule has 0 aliphatic rings. The van der Waals surface area contributed by atoms with Gasteiger partial charge in [-0.25, -0.2) is 4.79 Å². The Morgan fingerprint density at radius 3 is 3.08 bits per heavy atom. The van der Waals surface area contributed by atoms with E-state index in [0.29, 0.717) is 17.0 Å². The Morgan fingerprint density at radius 2 is 2.33 bits per heavy atom. The number of hydrogen-bond donors (Lipinski definition) is 1. The summed E-state index contributed by atoms with van der Waals surface area (Å²) >= 11 is 5.64. The number of alkyl halides is 1. The molecule has 0 amide bonds. The zero-order valence-electron chi connectivity index (χ0n) is 6.13. The van der Waals surface area contributed by atoms with E-state index in [9.17, 15) is 4.79 Å². The van der Waals surface area contributed by atoms with Gasteiger partial charge in [-0.05, 0) is 6.07 Å². The normalized spacial score (nSPS) is 10.8. The van der Waals surface area contributed by atoms with E-state index >= 15 is 0 Å². The van der Waals surface area contributed by atoms with E-state index in [4.69, 9.17) is 16.0 Å². The molecule has 0 unspecified atom stereocenters. The highest BCUT2D eigenvalue weighted by Crippen LogP contribution is 2.16. The molecule has 1 N–H and O–H groups in total. The van der Waals surface area contributed by atoms with Gasteiger partial charge in [0.25, 0.3) is 0 Å². The lowest BCUT2D eigenvalue weighted by molar-refractivity contribution is 0.553. The van der Waals surface area contributed by atoms with Crippen molar-refractivity contribution in [2.45, 2.75) is 5.88 Å². The van der Waals surface area contributed by atoms with Crippen molar-refractivity contribution in [2.75, 3.05) is 0 Å². The molecule has 0 saturated heterocycles. The van der Waals surface area contributed by atoms with Crippen molar-refractivity contribution in [3.8, 4) is 0 Å². The molecule has 62 valence electrons. The Bertz CT molecular complexity index is 457. The Hall–Kier alpha value is -1.22. The van der Waals surface area contributed by atoms with Crippen LogP contribution in [0.3, 0.4) is 0 Å². The minimum absolute atomic E-state index is 0.345. The second-order valence-electron chi connectivity index (χ2n) is 2.44. The molecular weight excluding hydrogens is 178 g/mol. The lowest BCUT2D eigenvalue weighted by atomic mass is 10.2. The molecule has 1 heterocycles. The summed E-state index contributed by atoms with van der Waals surface area (Å²) in [5.41, 5.74) is 2.07. The maximum Gasteiger partial charge on any atom is 0.417 e. The molecule has 0 atom stereocenters. The monoisotopic (exact) mass is 183 g/mol. The van der Waals surface area contributed by atoms with Crippen LogP contribution in [0.4, 0.5) is 0 Å². The van der Waals surface area contributed by atoms with Crippen LogP contribution in [0, 0.1) is 0 Å². The van der Waals surface area contributed by atoms with Crippen molar-refractivity contribution in [3.63, 3.8) is 0 Å². The standard InChI is InChI=1S/C8H6ClNO2/c9-4-5-2-1-3-6-7(5)12-8(11)10-6/h1-3H,4H2,(H,10,11). The average Bonchev–Trinajstić information content (AvgIpc) is 2.44.